The lowest BCUT2D eigenvalue weighted by atomic mass is 10.1. The number of rotatable bonds is 4. The zero-order valence-electron chi connectivity index (χ0n) is 11.1. The Morgan fingerprint density at radius 1 is 1.55 bits per heavy atom. The number of carbonyl (C=O) groups excluding carboxylic acids is 1. The normalized spacial score (nSPS) is 18.4. The summed E-state index contributed by atoms with van der Waals surface area (Å²) in [4.78, 5) is 13.6. The molecule has 4 nitrogen and oxygen atoms in total. The fourth-order valence-corrected chi connectivity index (χ4v) is 2.71. The molecule has 2 amide bonds. The number of nitrogens with one attached hydrogen (secondary N) is 1. The molecule has 1 aliphatic heterocycles. The average Bonchev–Trinajstić information content (AvgIpc) is 2.91. The van der Waals surface area contributed by atoms with E-state index in [4.69, 9.17) is 5.11 Å². The van der Waals surface area contributed by atoms with Crippen molar-refractivity contribution >= 4 is 22.0 Å². The van der Waals surface area contributed by atoms with Crippen LogP contribution in [0.25, 0.3) is 0 Å². The van der Waals surface area contributed by atoms with Crippen molar-refractivity contribution < 1.29 is 14.3 Å². The summed E-state index contributed by atoms with van der Waals surface area (Å²) >= 11 is 3.14. The van der Waals surface area contributed by atoms with Crippen LogP contribution in [0.2, 0.25) is 0 Å². The Bertz CT molecular complexity index is 484. The van der Waals surface area contributed by atoms with E-state index in [0.717, 1.165) is 12.0 Å². The molecule has 1 saturated heterocycles. The molecule has 0 bridgehead atoms. The third kappa shape index (κ3) is 3.93. The highest BCUT2D eigenvalue weighted by atomic mass is 79.9. The molecule has 1 aromatic carbocycles. The first kappa shape index (κ1) is 15.3. The highest BCUT2D eigenvalue weighted by Gasteiger charge is 2.25. The maximum absolute atomic E-state index is 13.1. The van der Waals surface area contributed by atoms with E-state index in [1.165, 1.54) is 6.07 Å². The standard InChI is InChI=1S/C14H18BrFN2O2/c15-12-7-10(1-2-13(12)16)3-5-17-14(20)18-6-4-11(8-18)9-19/h1-2,7,11,19H,3-6,8-9H2,(H,17,20). The second-order valence-corrected chi connectivity index (χ2v) is 5.87. The van der Waals surface area contributed by atoms with E-state index < -0.39 is 0 Å². The van der Waals surface area contributed by atoms with E-state index in [1.54, 1.807) is 17.0 Å². The predicted octanol–water partition coefficient (Wildman–Crippen LogP) is 2.15. The lowest BCUT2D eigenvalue weighted by Crippen LogP contribution is -2.39. The molecule has 2 N–H and O–H groups in total. The number of aliphatic hydroxyl groups excluding tert-OH is 1. The first-order valence-electron chi connectivity index (χ1n) is 6.67. The van der Waals surface area contributed by atoms with Gasteiger partial charge in [0.2, 0.25) is 0 Å². The number of nitrogens with zero attached hydrogens (tertiary/aromatic N) is 1. The zero-order chi connectivity index (χ0) is 14.5. The monoisotopic (exact) mass is 344 g/mol. The van der Waals surface area contributed by atoms with Crippen molar-refractivity contribution in [1.29, 1.82) is 0 Å². The molecular formula is C14H18BrFN2O2. The van der Waals surface area contributed by atoms with Crippen LogP contribution in [0.1, 0.15) is 12.0 Å². The number of benzene rings is 1. The average molecular weight is 345 g/mol. The van der Waals surface area contributed by atoms with Gasteiger partial charge in [-0.15, -0.1) is 0 Å². The van der Waals surface area contributed by atoms with Gasteiger partial charge in [0.1, 0.15) is 5.82 Å². The summed E-state index contributed by atoms with van der Waals surface area (Å²) in [5.41, 5.74) is 0.966. The van der Waals surface area contributed by atoms with Crippen molar-refractivity contribution in [3.8, 4) is 0 Å². The number of hydrogen-bond acceptors (Lipinski definition) is 2. The Balaban J connectivity index is 1.75. The first-order chi connectivity index (χ1) is 9.60. The fraction of sp³-hybridized carbons (Fsp3) is 0.500. The molecule has 1 aromatic rings. The van der Waals surface area contributed by atoms with Gasteiger partial charge in [0, 0.05) is 32.2 Å². The molecule has 2 rings (SSSR count). The number of likely N-dealkylation sites (tertiary alicyclic amines) is 1. The van der Waals surface area contributed by atoms with Gasteiger partial charge in [-0.2, -0.15) is 0 Å². The van der Waals surface area contributed by atoms with Gasteiger partial charge in [-0.25, -0.2) is 9.18 Å². The van der Waals surface area contributed by atoms with Crippen LogP contribution in [0.3, 0.4) is 0 Å². The van der Waals surface area contributed by atoms with E-state index in [1.807, 2.05) is 0 Å². The van der Waals surface area contributed by atoms with Crippen molar-refractivity contribution in [3.63, 3.8) is 0 Å². The highest BCUT2D eigenvalue weighted by Crippen LogP contribution is 2.17. The minimum Gasteiger partial charge on any atom is -0.396 e. The summed E-state index contributed by atoms with van der Waals surface area (Å²) in [5, 5.41) is 11.9. The van der Waals surface area contributed by atoms with Crippen molar-refractivity contribution in [2.24, 2.45) is 5.92 Å². The molecule has 6 heteroatoms. The quantitative estimate of drug-likeness (QED) is 0.879. The van der Waals surface area contributed by atoms with E-state index in [0.29, 0.717) is 30.5 Å². The Labute approximate surface area is 126 Å². The summed E-state index contributed by atoms with van der Waals surface area (Å²) in [6, 6.07) is 4.75. The summed E-state index contributed by atoms with van der Waals surface area (Å²) < 4.78 is 13.5. The predicted molar refractivity (Wildman–Crippen MR) is 78.0 cm³/mol. The van der Waals surface area contributed by atoms with Crippen LogP contribution in [0.15, 0.2) is 22.7 Å². The van der Waals surface area contributed by atoms with Gasteiger partial charge in [0.15, 0.2) is 0 Å². The lowest BCUT2D eigenvalue weighted by molar-refractivity contribution is 0.198. The Kier molecular flexibility index (Phi) is 5.37. The number of carbonyl (C=O) groups is 1. The minimum atomic E-state index is -0.287. The molecule has 0 radical (unpaired) electrons. The minimum absolute atomic E-state index is 0.0953. The molecule has 110 valence electrons. The molecule has 0 saturated carbocycles. The van der Waals surface area contributed by atoms with Crippen LogP contribution >= 0.6 is 15.9 Å². The van der Waals surface area contributed by atoms with Crippen LogP contribution in [0.5, 0.6) is 0 Å². The molecular weight excluding hydrogens is 327 g/mol. The largest absolute Gasteiger partial charge is 0.396 e. The Morgan fingerprint density at radius 2 is 2.35 bits per heavy atom. The first-order valence-corrected chi connectivity index (χ1v) is 7.47. The number of halogens is 2. The van der Waals surface area contributed by atoms with Crippen LogP contribution < -0.4 is 5.32 Å². The van der Waals surface area contributed by atoms with Gasteiger partial charge in [-0.1, -0.05) is 6.07 Å². The van der Waals surface area contributed by atoms with Gasteiger partial charge < -0.3 is 15.3 Å². The van der Waals surface area contributed by atoms with Crippen LogP contribution in [-0.4, -0.2) is 42.3 Å². The van der Waals surface area contributed by atoms with Crippen LogP contribution in [0, 0.1) is 11.7 Å². The number of urea groups is 1. The van der Waals surface area contributed by atoms with Gasteiger partial charge in [0.25, 0.3) is 0 Å². The van der Waals surface area contributed by atoms with Gasteiger partial charge in [0.05, 0.1) is 4.47 Å². The van der Waals surface area contributed by atoms with E-state index >= 15 is 0 Å². The molecule has 1 fully saturated rings. The van der Waals surface area contributed by atoms with Crippen molar-refractivity contribution in [1.82, 2.24) is 10.2 Å². The van der Waals surface area contributed by atoms with Crippen LogP contribution in [-0.2, 0) is 6.42 Å². The Hall–Kier alpha value is -1.14. The van der Waals surface area contributed by atoms with E-state index in [2.05, 4.69) is 21.2 Å². The van der Waals surface area contributed by atoms with Crippen molar-refractivity contribution in [2.75, 3.05) is 26.2 Å². The number of aliphatic hydroxyl groups is 1. The topological polar surface area (TPSA) is 52.6 Å². The molecule has 1 atom stereocenters. The smallest absolute Gasteiger partial charge is 0.317 e. The SMILES string of the molecule is O=C(NCCc1ccc(F)c(Br)c1)N1CCC(CO)C1. The summed E-state index contributed by atoms with van der Waals surface area (Å²) in [5.74, 6) is -0.0845. The summed E-state index contributed by atoms with van der Waals surface area (Å²) in [6.45, 7) is 1.95. The van der Waals surface area contributed by atoms with Crippen LogP contribution in [0.4, 0.5) is 9.18 Å². The highest BCUT2D eigenvalue weighted by molar-refractivity contribution is 9.10. The number of amides is 2. The molecule has 0 spiro atoms. The molecule has 20 heavy (non-hydrogen) atoms. The van der Waals surface area contributed by atoms with Gasteiger partial charge >= 0.3 is 6.03 Å². The van der Waals surface area contributed by atoms with E-state index in [9.17, 15) is 9.18 Å². The van der Waals surface area contributed by atoms with E-state index in [-0.39, 0.29) is 24.4 Å². The Morgan fingerprint density at radius 3 is 3.00 bits per heavy atom. The molecule has 1 aliphatic rings. The van der Waals surface area contributed by atoms with Crippen molar-refractivity contribution in [3.05, 3.63) is 34.1 Å². The zero-order valence-corrected chi connectivity index (χ0v) is 12.7. The molecule has 1 heterocycles. The number of hydrogen-bond donors (Lipinski definition) is 2. The maximum atomic E-state index is 13.1. The molecule has 0 aliphatic carbocycles. The maximum Gasteiger partial charge on any atom is 0.317 e. The second-order valence-electron chi connectivity index (χ2n) is 5.01. The third-order valence-electron chi connectivity index (χ3n) is 3.51. The molecule has 0 aromatic heterocycles. The second kappa shape index (κ2) is 7.04. The summed E-state index contributed by atoms with van der Waals surface area (Å²) in [7, 11) is 0. The third-order valence-corrected chi connectivity index (χ3v) is 4.11. The molecule has 1 unspecified atom stereocenters. The van der Waals surface area contributed by atoms with Crippen molar-refractivity contribution in [2.45, 2.75) is 12.8 Å². The fourth-order valence-electron chi connectivity index (χ4n) is 2.29. The van der Waals surface area contributed by atoms with Gasteiger partial charge in [-0.05, 0) is 46.5 Å². The lowest BCUT2D eigenvalue weighted by Gasteiger charge is -2.17. The van der Waals surface area contributed by atoms with Gasteiger partial charge in [-0.3, -0.25) is 0 Å². The summed E-state index contributed by atoms with van der Waals surface area (Å²) in [6.07, 6.45) is 1.51.